The molecule has 1 atom stereocenters. The number of aliphatic hydroxyl groups is 1. The maximum atomic E-state index is 10.9. The lowest BCUT2D eigenvalue weighted by Crippen LogP contribution is -2.14. The van der Waals surface area contributed by atoms with Crippen molar-refractivity contribution in [1.29, 1.82) is 0 Å². The Hall–Kier alpha value is -2.22. The van der Waals surface area contributed by atoms with Gasteiger partial charge >= 0.3 is 11.7 Å². The van der Waals surface area contributed by atoms with Crippen LogP contribution >= 0.6 is 0 Å². The number of nitrogens with one attached hydrogen (secondary N) is 1. The van der Waals surface area contributed by atoms with Crippen LogP contribution in [0.5, 0.6) is 0 Å². The first kappa shape index (κ1) is 14.8. The molecule has 3 N–H and O–H groups in total. The zero-order chi connectivity index (χ0) is 14.4. The summed E-state index contributed by atoms with van der Waals surface area (Å²) >= 11 is 0. The highest BCUT2D eigenvalue weighted by molar-refractivity contribution is 5.93. The van der Waals surface area contributed by atoms with E-state index in [-0.39, 0.29) is 18.3 Å². The van der Waals surface area contributed by atoms with Crippen molar-refractivity contribution < 1.29 is 19.9 Å². The number of rotatable bonds is 7. The molecule has 1 aromatic heterocycles. The molecule has 8 heteroatoms. The lowest BCUT2D eigenvalue weighted by Gasteiger charge is -2.11. The quantitative estimate of drug-likeness (QED) is 0.500. The van der Waals surface area contributed by atoms with Crippen LogP contribution in [0.25, 0.3) is 0 Å². The highest BCUT2D eigenvalue weighted by Gasteiger charge is 2.21. The Bertz CT molecular complexity index is 477. The van der Waals surface area contributed by atoms with E-state index in [9.17, 15) is 14.9 Å². The number of hydrogen-bond acceptors (Lipinski definition) is 6. The maximum absolute atomic E-state index is 10.9. The Morgan fingerprint density at radius 1 is 1.63 bits per heavy atom. The Labute approximate surface area is 109 Å². The van der Waals surface area contributed by atoms with E-state index in [0.29, 0.717) is 13.0 Å². The molecule has 104 valence electrons. The average Bonchev–Trinajstić information content (AvgIpc) is 2.36. The topological polar surface area (TPSA) is 126 Å². The van der Waals surface area contributed by atoms with Gasteiger partial charge in [0, 0.05) is 19.2 Å². The molecule has 0 aliphatic heterocycles. The van der Waals surface area contributed by atoms with Crippen LogP contribution in [0.3, 0.4) is 0 Å². The molecule has 0 aliphatic carbocycles. The smallest absolute Gasteiger partial charge is 0.342 e. The highest BCUT2D eigenvalue weighted by Crippen LogP contribution is 2.20. The van der Waals surface area contributed by atoms with Crippen molar-refractivity contribution in [2.24, 2.45) is 5.92 Å². The molecule has 1 aromatic rings. The second kappa shape index (κ2) is 6.64. The number of aromatic carboxylic acids is 1. The monoisotopic (exact) mass is 269 g/mol. The van der Waals surface area contributed by atoms with Crippen LogP contribution in [-0.4, -0.2) is 39.2 Å². The Kier molecular flexibility index (Phi) is 5.19. The fraction of sp³-hybridized carbons (Fsp3) is 0.455. The standard InChI is InChI=1S/C11H15N3O5/c1-7(2-3-15)5-12-10-4-8(11(16)17)9(6-13-10)14(18)19/h4,6-7,15H,2-3,5H2,1H3,(H,12,13)(H,16,17). The summed E-state index contributed by atoms with van der Waals surface area (Å²) in [5.74, 6) is -0.941. The second-order valence-corrected chi connectivity index (χ2v) is 4.15. The van der Waals surface area contributed by atoms with Crippen molar-refractivity contribution in [1.82, 2.24) is 4.98 Å². The van der Waals surface area contributed by atoms with E-state index in [1.807, 2.05) is 6.92 Å². The first-order chi connectivity index (χ1) is 8.95. The van der Waals surface area contributed by atoms with Crippen molar-refractivity contribution in [3.05, 3.63) is 27.9 Å². The van der Waals surface area contributed by atoms with E-state index < -0.39 is 22.1 Å². The van der Waals surface area contributed by atoms with Gasteiger partial charge in [-0.05, 0) is 12.3 Å². The molecule has 0 amide bonds. The number of carboxylic acid groups (broad SMARTS) is 1. The van der Waals surface area contributed by atoms with E-state index in [4.69, 9.17) is 10.2 Å². The van der Waals surface area contributed by atoms with Crippen LogP contribution in [-0.2, 0) is 0 Å². The van der Waals surface area contributed by atoms with Crippen LogP contribution in [0, 0.1) is 16.0 Å². The van der Waals surface area contributed by atoms with Gasteiger partial charge in [-0.3, -0.25) is 10.1 Å². The summed E-state index contributed by atoms with van der Waals surface area (Å²) in [5.41, 5.74) is -0.946. The van der Waals surface area contributed by atoms with Crippen LogP contribution in [0.15, 0.2) is 12.3 Å². The fourth-order valence-electron chi connectivity index (χ4n) is 1.46. The van der Waals surface area contributed by atoms with Crippen LogP contribution in [0.4, 0.5) is 11.5 Å². The summed E-state index contributed by atoms with van der Waals surface area (Å²) in [7, 11) is 0. The van der Waals surface area contributed by atoms with Gasteiger partial charge in [-0.1, -0.05) is 6.92 Å². The van der Waals surface area contributed by atoms with E-state index in [1.54, 1.807) is 0 Å². The number of nitrogens with zero attached hydrogens (tertiary/aromatic N) is 2. The number of hydrogen-bond donors (Lipinski definition) is 3. The van der Waals surface area contributed by atoms with Gasteiger partial charge in [0.1, 0.15) is 17.6 Å². The summed E-state index contributed by atoms with van der Waals surface area (Å²) in [6.07, 6.45) is 1.52. The average molecular weight is 269 g/mol. The summed E-state index contributed by atoms with van der Waals surface area (Å²) in [5, 5.41) is 31.2. The largest absolute Gasteiger partial charge is 0.477 e. The molecule has 0 fully saturated rings. The van der Waals surface area contributed by atoms with Gasteiger partial charge in [-0.15, -0.1) is 0 Å². The molecule has 0 aromatic carbocycles. The molecule has 19 heavy (non-hydrogen) atoms. The number of aliphatic hydroxyl groups excluding tert-OH is 1. The zero-order valence-electron chi connectivity index (χ0n) is 10.4. The van der Waals surface area contributed by atoms with Gasteiger partial charge in [-0.25, -0.2) is 9.78 Å². The first-order valence-corrected chi connectivity index (χ1v) is 5.68. The summed E-state index contributed by atoms with van der Waals surface area (Å²) in [4.78, 5) is 24.6. The van der Waals surface area contributed by atoms with Crippen molar-refractivity contribution in [2.75, 3.05) is 18.5 Å². The lowest BCUT2D eigenvalue weighted by molar-refractivity contribution is -0.385. The van der Waals surface area contributed by atoms with Crippen molar-refractivity contribution >= 4 is 17.5 Å². The third-order valence-corrected chi connectivity index (χ3v) is 2.56. The van der Waals surface area contributed by atoms with Crippen molar-refractivity contribution in [3.8, 4) is 0 Å². The van der Waals surface area contributed by atoms with Gasteiger partial charge in [0.2, 0.25) is 0 Å². The first-order valence-electron chi connectivity index (χ1n) is 5.68. The number of pyridine rings is 1. The fourth-order valence-corrected chi connectivity index (χ4v) is 1.46. The van der Waals surface area contributed by atoms with Crippen LogP contribution in [0.2, 0.25) is 0 Å². The molecule has 0 saturated heterocycles. The SMILES string of the molecule is CC(CCO)CNc1cc(C(=O)O)c([N+](=O)[O-])cn1. The Balaban J connectivity index is 2.84. The Morgan fingerprint density at radius 3 is 2.84 bits per heavy atom. The number of carbonyl (C=O) groups is 1. The van der Waals surface area contributed by atoms with Gasteiger partial charge in [-0.2, -0.15) is 0 Å². The third-order valence-electron chi connectivity index (χ3n) is 2.56. The number of anilines is 1. The predicted molar refractivity (Wildman–Crippen MR) is 67.2 cm³/mol. The van der Waals surface area contributed by atoms with Gasteiger partial charge < -0.3 is 15.5 Å². The molecule has 8 nitrogen and oxygen atoms in total. The van der Waals surface area contributed by atoms with Crippen molar-refractivity contribution in [2.45, 2.75) is 13.3 Å². The molecule has 0 radical (unpaired) electrons. The van der Waals surface area contributed by atoms with Gasteiger partial charge in [0.15, 0.2) is 0 Å². The van der Waals surface area contributed by atoms with Gasteiger partial charge in [0.05, 0.1) is 4.92 Å². The third kappa shape index (κ3) is 4.18. The molecule has 1 rings (SSSR count). The second-order valence-electron chi connectivity index (χ2n) is 4.15. The molecule has 1 unspecified atom stereocenters. The number of carboxylic acids is 1. The summed E-state index contributed by atoms with van der Waals surface area (Å²) < 4.78 is 0. The highest BCUT2D eigenvalue weighted by atomic mass is 16.6. The molecule has 0 bridgehead atoms. The van der Waals surface area contributed by atoms with E-state index in [2.05, 4.69) is 10.3 Å². The summed E-state index contributed by atoms with van der Waals surface area (Å²) in [6, 6.07) is 1.13. The number of aromatic nitrogens is 1. The van der Waals surface area contributed by atoms with E-state index >= 15 is 0 Å². The maximum Gasteiger partial charge on any atom is 0.342 e. The minimum Gasteiger partial charge on any atom is -0.477 e. The molecule has 0 spiro atoms. The predicted octanol–water partition coefficient (Wildman–Crippen LogP) is 1.12. The molecule has 1 heterocycles. The van der Waals surface area contributed by atoms with Crippen LogP contribution in [0.1, 0.15) is 23.7 Å². The molecular weight excluding hydrogens is 254 g/mol. The molecular formula is C11H15N3O5. The minimum absolute atomic E-state index is 0.0664. The summed E-state index contributed by atoms with van der Waals surface area (Å²) in [6.45, 7) is 2.47. The van der Waals surface area contributed by atoms with Crippen LogP contribution < -0.4 is 5.32 Å². The normalized spacial score (nSPS) is 11.9. The number of nitro groups is 1. The Morgan fingerprint density at radius 2 is 2.32 bits per heavy atom. The zero-order valence-corrected chi connectivity index (χ0v) is 10.4. The minimum atomic E-state index is -1.37. The lowest BCUT2D eigenvalue weighted by atomic mass is 10.1. The van der Waals surface area contributed by atoms with Crippen molar-refractivity contribution in [3.63, 3.8) is 0 Å². The van der Waals surface area contributed by atoms with E-state index in [0.717, 1.165) is 12.3 Å². The van der Waals surface area contributed by atoms with E-state index in [1.165, 1.54) is 0 Å². The molecule has 0 saturated carbocycles. The molecule has 0 aliphatic rings. The van der Waals surface area contributed by atoms with Gasteiger partial charge in [0.25, 0.3) is 0 Å².